The minimum Gasteiger partial charge on any atom is -0.351 e. The molecule has 3 aromatic heterocycles. The Kier molecular flexibility index (Phi) is 4.51. The summed E-state index contributed by atoms with van der Waals surface area (Å²) >= 11 is 0. The molecule has 1 aliphatic rings. The van der Waals surface area contributed by atoms with E-state index >= 15 is 0 Å². The van der Waals surface area contributed by atoms with Crippen LogP contribution in [0.2, 0.25) is 0 Å². The van der Waals surface area contributed by atoms with Crippen LogP contribution in [0, 0.1) is 0 Å². The predicted molar refractivity (Wildman–Crippen MR) is 101 cm³/mol. The fourth-order valence-electron chi connectivity index (χ4n) is 3.57. The summed E-state index contributed by atoms with van der Waals surface area (Å²) < 4.78 is 5.25. The molecular weight excluding hydrogens is 344 g/mol. The summed E-state index contributed by atoms with van der Waals surface area (Å²) in [5, 5.41) is 4.79. The number of rotatable bonds is 3. The predicted octanol–water partition coefficient (Wildman–Crippen LogP) is 3.05. The van der Waals surface area contributed by atoms with Gasteiger partial charge in [-0.1, -0.05) is 25.1 Å². The van der Waals surface area contributed by atoms with E-state index in [2.05, 4.69) is 15.1 Å². The van der Waals surface area contributed by atoms with Gasteiger partial charge in [-0.2, -0.15) is 0 Å². The zero-order chi connectivity index (χ0) is 19.0. The highest BCUT2D eigenvalue weighted by atomic mass is 16.5. The SMILES string of the molecule is CC(C)c1cc(C(=O)N2CCCC(c3cc4cccnc4c(=O)[nH]3)C2)on1. The smallest absolute Gasteiger partial charge is 0.292 e. The van der Waals surface area contributed by atoms with Crippen molar-refractivity contribution in [3.63, 3.8) is 0 Å². The van der Waals surface area contributed by atoms with Gasteiger partial charge in [0, 0.05) is 42.4 Å². The molecule has 1 saturated heterocycles. The Morgan fingerprint density at radius 3 is 3.00 bits per heavy atom. The van der Waals surface area contributed by atoms with Crippen molar-refractivity contribution in [1.82, 2.24) is 20.0 Å². The molecule has 7 nitrogen and oxygen atoms in total. The van der Waals surface area contributed by atoms with Crippen LogP contribution in [0.25, 0.3) is 10.9 Å². The molecule has 1 aliphatic heterocycles. The monoisotopic (exact) mass is 366 g/mol. The first-order valence-corrected chi connectivity index (χ1v) is 9.27. The molecule has 1 unspecified atom stereocenters. The second-order valence-corrected chi connectivity index (χ2v) is 7.36. The van der Waals surface area contributed by atoms with Crippen LogP contribution in [-0.4, -0.2) is 39.0 Å². The average molecular weight is 366 g/mol. The number of carbonyl (C=O) groups is 1. The van der Waals surface area contributed by atoms with Gasteiger partial charge >= 0.3 is 0 Å². The van der Waals surface area contributed by atoms with Crippen molar-refractivity contribution in [3.05, 3.63) is 58.0 Å². The maximum atomic E-state index is 12.8. The molecule has 0 spiro atoms. The highest BCUT2D eigenvalue weighted by Crippen LogP contribution is 2.27. The minimum absolute atomic E-state index is 0.0764. The molecule has 4 heterocycles. The molecule has 4 rings (SSSR count). The lowest BCUT2D eigenvalue weighted by Gasteiger charge is -2.32. The number of hydrogen-bond donors (Lipinski definition) is 1. The zero-order valence-corrected chi connectivity index (χ0v) is 15.4. The number of aromatic nitrogens is 3. The number of nitrogens with zero attached hydrogens (tertiary/aromatic N) is 3. The second kappa shape index (κ2) is 6.98. The number of piperidine rings is 1. The Labute approximate surface area is 156 Å². The maximum absolute atomic E-state index is 12.8. The average Bonchev–Trinajstić information content (AvgIpc) is 3.18. The molecule has 1 amide bonds. The molecule has 140 valence electrons. The summed E-state index contributed by atoms with van der Waals surface area (Å²) in [6, 6.07) is 7.39. The van der Waals surface area contributed by atoms with E-state index in [-0.39, 0.29) is 29.1 Å². The second-order valence-electron chi connectivity index (χ2n) is 7.36. The topological polar surface area (TPSA) is 92.1 Å². The van der Waals surface area contributed by atoms with Gasteiger partial charge < -0.3 is 14.4 Å². The fraction of sp³-hybridized carbons (Fsp3) is 0.400. The quantitative estimate of drug-likeness (QED) is 0.769. The van der Waals surface area contributed by atoms with Crippen molar-refractivity contribution in [2.45, 2.75) is 38.5 Å². The molecule has 0 aliphatic carbocycles. The van der Waals surface area contributed by atoms with E-state index in [1.165, 1.54) is 0 Å². The molecule has 27 heavy (non-hydrogen) atoms. The maximum Gasteiger partial charge on any atom is 0.292 e. The number of aromatic amines is 1. The van der Waals surface area contributed by atoms with Crippen LogP contribution in [0.1, 0.15) is 60.5 Å². The Bertz CT molecular complexity index is 1040. The molecule has 3 aromatic rings. The van der Waals surface area contributed by atoms with Crippen molar-refractivity contribution in [2.75, 3.05) is 13.1 Å². The van der Waals surface area contributed by atoms with Gasteiger partial charge in [0.05, 0.1) is 5.69 Å². The molecular formula is C20H22N4O3. The summed E-state index contributed by atoms with van der Waals surface area (Å²) in [5.74, 6) is 0.410. The Balaban J connectivity index is 1.57. The Morgan fingerprint density at radius 2 is 2.22 bits per heavy atom. The van der Waals surface area contributed by atoms with Crippen LogP contribution in [0.3, 0.4) is 0 Å². The number of H-pyrrole nitrogens is 1. The van der Waals surface area contributed by atoms with Crippen LogP contribution >= 0.6 is 0 Å². The summed E-state index contributed by atoms with van der Waals surface area (Å²) in [4.78, 5) is 34.0. The van der Waals surface area contributed by atoms with Crippen molar-refractivity contribution in [2.24, 2.45) is 0 Å². The van der Waals surface area contributed by atoms with Crippen LogP contribution in [-0.2, 0) is 0 Å². The van der Waals surface area contributed by atoms with E-state index in [1.807, 2.05) is 32.0 Å². The normalized spacial score (nSPS) is 17.6. The Hall–Kier alpha value is -2.96. The number of likely N-dealkylation sites (tertiary alicyclic amines) is 1. The molecule has 0 aromatic carbocycles. The van der Waals surface area contributed by atoms with Gasteiger partial charge in [0.2, 0.25) is 5.76 Å². The highest BCUT2D eigenvalue weighted by molar-refractivity contribution is 5.91. The first kappa shape index (κ1) is 17.5. The van der Waals surface area contributed by atoms with Crippen LogP contribution in [0.15, 0.2) is 39.8 Å². The van der Waals surface area contributed by atoms with E-state index < -0.39 is 0 Å². The highest BCUT2D eigenvalue weighted by Gasteiger charge is 2.28. The fourth-order valence-corrected chi connectivity index (χ4v) is 3.57. The van der Waals surface area contributed by atoms with Crippen molar-refractivity contribution in [1.29, 1.82) is 0 Å². The lowest BCUT2D eigenvalue weighted by Crippen LogP contribution is -2.39. The molecule has 0 radical (unpaired) electrons. The van der Waals surface area contributed by atoms with Crippen LogP contribution < -0.4 is 5.56 Å². The lowest BCUT2D eigenvalue weighted by atomic mass is 9.93. The van der Waals surface area contributed by atoms with Crippen LogP contribution in [0.5, 0.6) is 0 Å². The first-order valence-electron chi connectivity index (χ1n) is 9.27. The number of fused-ring (bicyclic) bond motifs is 1. The van der Waals surface area contributed by atoms with Gasteiger partial charge in [0.15, 0.2) is 0 Å². The first-order chi connectivity index (χ1) is 13.0. The largest absolute Gasteiger partial charge is 0.351 e. The molecule has 0 saturated carbocycles. The van der Waals surface area contributed by atoms with E-state index in [0.29, 0.717) is 18.6 Å². The summed E-state index contributed by atoms with van der Waals surface area (Å²) in [6.07, 6.45) is 3.40. The lowest BCUT2D eigenvalue weighted by molar-refractivity contribution is 0.0663. The van der Waals surface area contributed by atoms with Crippen LogP contribution in [0.4, 0.5) is 0 Å². The Morgan fingerprint density at radius 1 is 1.37 bits per heavy atom. The third-order valence-corrected chi connectivity index (χ3v) is 5.10. The van der Waals surface area contributed by atoms with Gasteiger partial charge in [0.25, 0.3) is 11.5 Å². The van der Waals surface area contributed by atoms with E-state index in [4.69, 9.17) is 4.52 Å². The molecule has 7 heteroatoms. The molecule has 1 fully saturated rings. The minimum atomic E-state index is -0.191. The summed E-state index contributed by atoms with van der Waals surface area (Å²) in [7, 11) is 0. The van der Waals surface area contributed by atoms with Gasteiger partial charge in [-0.05, 0) is 30.9 Å². The standard InChI is InChI=1S/C20H22N4O3/c1-12(2)15-10-17(27-23-15)20(26)24-8-4-6-14(11-24)16-9-13-5-3-7-21-18(13)19(25)22-16/h3,5,7,9-10,12,14H,4,6,8,11H2,1-2H3,(H,22,25). The third-order valence-electron chi connectivity index (χ3n) is 5.10. The van der Waals surface area contributed by atoms with E-state index in [9.17, 15) is 9.59 Å². The summed E-state index contributed by atoms with van der Waals surface area (Å²) in [6.45, 7) is 5.23. The molecule has 0 bridgehead atoms. The molecule has 1 N–H and O–H groups in total. The van der Waals surface area contributed by atoms with Crippen molar-refractivity contribution < 1.29 is 9.32 Å². The number of hydrogen-bond acceptors (Lipinski definition) is 5. The number of pyridine rings is 2. The van der Waals surface area contributed by atoms with Gasteiger partial charge in [-0.25, -0.2) is 0 Å². The van der Waals surface area contributed by atoms with Crippen molar-refractivity contribution >= 4 is 16.8 Å². The number of nitrogens with one attached hydrogen (secondary N) is 1. The van der Waals surface area contributed by atoms with Gasteiger partial charge in [-0.15, -0.1) is 0 Å². The van der Waals surface area contributed by atoms with E-state index in [1.54, 1.807) is 17.2 Å². The van der Waals surface area contributed by atoms with Crippen molar-refractivity contribution in [3.8, 4) is 0 Å². The third kappa shape index (κ3) is 3.37. The summed E-state index contributed by atoms with van der Waals surface area (Å²) in [5.41, 5.74) is 1.87. The zero-order valence-electron chi connectivity index (χ0n) is 15.4. The van der Waals surface area contributed by atoms with E-state index in [0.717, 1.165) is 29.6 Å². The van der Waals surface area contributed by atoms with Gasteiger partial charge in [0.1, 0.15) is 5.52 Å². The molecule has 1 atom stereocenters. The number of amides is 1. The van der Waals surface area contributed by atoms with Gasteiger partial charge in [-0.3, -0.25) is 14.6 Å². The number of carbonyl (C=O) groups excluding carboxylic acids is 1.